The van der Waals surface area contributed by atoms with Crippen LogP contribution in [0.3, 0.4) is 0 Å². The van der Waals surface area contributed by atoms with E-state index in [-0.39, 0.29) is 21.8 Å². The third-order valence-electron chi connectivity index (χ3n) is 4.17. The highest BCUT2D eigenvalue weighted by atomic mass is 19.3. The molecular weight excluding hydrogens is 374 g/mol. The number of amides is 2. The fraction of sp³-hybridized carbons (Fsp3) is 0.312. The van der Waals surface area contributed by atoms with Crippen molar-refractivity contribution in [1.29, 1.82) is 0 Å². The number of halogens is 2. The standard InChI is InChI=1S/C16H18F2N8O2/c1-4-25-13(15(28)22-10-7-20-24(3)9(10)2)11(8-21-25)23-14(27)12-5-6-19-26(12)16(17)18/h5-8,16H,4H2,1-3H3,(H,22,28)(H,23,27). The minimum Gasteiger partial charge on any atom is -0.318 e. The molecule has 3 rings (SSSR count). The van der Waals surface area contributed by atoms with Gasteiger partial charge in [-0.15, -0.1) is 0 Å². The van der Waals surface area contributed by atoms with E-state index in [0.717, 1.165) is 18.0 Å². The van der Waals surface area contributed by atoms with Gasteiger partial charge < -0.3 is 10.6 Å². The third-order valence-corrected chi connectivity index (χ3v) is 4.17. The molecule has 0 aliphatic carbocycles. The number of aromatic nitrogens is 6. The van der Waals surface area contributed by atoms with E-state index in [1.807, 2.05) is 0 Å². The van der Waals surface area contributed by atoms with Crippen LogP contribution in [0.1, 0.15) is 40.1 Å². The van der Waals surface area contributed by atoms with Crippen molar-refractivity contribution in [2.24, 2.45) is 7.05 Å². The van der Waals surface area contributed by atoms with E-state index in [1.54, 1.807) is 25.6 Å². The van der Waals surface area contributed by atoms with E-state index in [2.05, 4.69) is 25.9 Å². The summed E-state index contributed by atoms with van der Waals surface area (Å²) in [6.07, 6.45) is 3.88. The summed E-state index contributed by atoms with van der Waals surface area (Å²) in [6.45, 7) is 0.954. The molecule has 0 saturated heterocycles. The maximum absolute atomic E-state index is 12.9. The average molecular weight is 392 g/mol. The Morgan fingerprint density at radius 2 is 1.79 bits per heavy atom. The topological polar surface area (TPSA) is 112 Å². The van der Waals surface area contributed by atoms with Crippen LogP contribution >= 0.6 is 0 Å². The number of hydrogen-bond acceptors (Lipinski definition) is 5. The lowest BCUT2D eigenvalue weighted by molar-refractivity contribution is 0.0520. The number of anilines is 2. The van der Waals surface area contributed by atoms with Crippen LogP contribution in [0, 0.1) is 6.92 Å². The summed E-state index contributed by atoms with van der Waals surface area (Å²) in [5.74, 6) is -1.35. The van der Waals surface area contributed by atoms with Gasteiger partial charge in [0.05, 0.1) is 29.5 Å². The van der Waals surface area contributed by atoms with E-state index < -0.39 is 18.4 Å². The second-order valence-electron chi connectivity index (χ2n) is 5.84. The fourth-order valence-electron chi connectivity index (χ4n) is 2.59. The van der Waals surface area contributed by atoms with Crippen LogP contribution in [0.4, 0.5) is 20.2 Å². The van der Waals surface area contributed by atoms with Gasteiger partial charge in [0.15, 0.2) is 0 Å². The molecule has 2 N–H and O–H groups in total. The molecule has 3 aromatic rings. The second kappa shape index (κ2) is 7.58. The quantitative estimate of drug-likeness (QED) is 0.667. The highest BCUT2D eigenvalue weighted by Gasteiger charge is 2.24. The summed E-state index contributed by atoms with van der Waals surface area (Å²) < 4.78 is 29.2. The van der Waals surface area contributed by atoms with Gasteiger partial charge in [0, 0.05) is 19.8 Å². The first-order chi connectivity index (χ1) is 13.3. The molecule has 0 aliphatic heterocycles. The number of nitrogens with one attached hydrogen (secondary N) is 2. The normalized spacial score (nSPS) is 11.1. The van der Waals surface area contributed by atoms with Gasteiger partial charge in [-0.3, -0.25) is 19.0 Å². The van der Waals surface area contributed by atoms with Crippen LogP contribution < -0.4 is 10.6 Å². The summed E-state index contributed by atoms with van der Waals surface area (Å²) in [4.78, 5) is 25.2. The Balaban J connectivity index is 1.88. The monoisotopic (exact) mass is 392 g/mol. The Kier molecular flexibility index (Phi) is 5.20. The molecule has 0 atom stereocenters. The van der Waals surface area contributed by atoms with Crippen LogP contribution in [0.2, 0.25) is 0 Å². The van der Waals surface area contributed by atoms with E-state index in [9.17, 15) is 18.4 Å². The van der Waals surface area contributed by atoms with Gasteiger partial charge in [-0.25, -0.2) is 0 Å². The number of aryl methyl sites for hydroxylation is 2. The zero-order valence-corrected chi connectivity index (χ0v) is 15.3. The molecule has 0 radical (unpaired) electrons. The van der Waals surface area contributed by atoms with Gasteiger partial charge >= 0.3 is 6.55 Å². The van der Waals surface area contributed by atoms with E-state index in [1.165, 1.54) is 17.1 Å². The Labute approximate surface area is 158 Å². The van der Waals surface area contributed by atoms with Gasteiger partial charge in [0.25, 0.3) is 11.8 Å². The predicted octanol–water partition coefficient (Wildman–Crippen LogP) is 2.04. The molecule has 148 valence electrons. The number of carbonyl (C=O) groups excluding carboxylic acids is 2. The van der Waals surface area contributed by atoms with Gasteiger partial charge in [-0.1, -0.05) is 0 Å². The SMILES string of the molecule is CCn1ncc(NC(=O)c2ccnn2C(F)F)c1C(=O)Nc1cnn(C)c1C. The Hall–Kier alpha value is -3.57. The molecule has 10 nitrogen and oxygen atoms in total. The second-order valence-corrected chi connectivity index (χ2v) is 5.84. The Morgan fingerprint density at radius 1 is 1.11 bits per heavy atom. The highest BCUT2D eigenvalue weighted by molar-refractivity contribution is 6.11. The lowest BCUT2D eigenvalue weighted by Crippen LogP contribution is -2.22. The molecule has 0 aliphatic rings. The van der Waals surface area contributed by atoms with Crippen molar-refractivity contribution in [3.05, 3.63) is 41.7 Å². The van der Waals surface area contributed by atoms with Gasteiger partial charge in [-0.2, -0.15) is 28.8 Å². The first kappa shape index (κ1) is 19.2. The number of carbonyl (C=O) groups is 2. The number of hydrogen-bond donors (Lipinski definition) is 2. The maximum atomic E-state index is 12.9. The van der Waals surface area contributed by atoms with Crippen molar-refractivity contribution in [3.8, 4) is 0 Å². The van der Waals surface area contributed by atoms with Crippen molar-refractivity contribution in [2.45, 2.75) is 26.9 Å². The molecule has 0 saturated carbocycles. The van der Waals surface area contributed by atoms with Crippen LogP contribution in [0.25, 0.3) is 0 Å². The summed E-state index contributed by atoms with van der Waals surface area (Å²) in [5.41, 5.74) is 1.08. The molecule has 2 amide bonds. The van der Waals surface area contributed by atoms with Crippen molar-refractivity contribution in [2.75, 3.05) is 10.6 Å². The summed E-state index contributed by atoms with van der Waals surface area (Å²) >= 11 is 0. The van der Waals surface area contributed by atoms with E-state index >= 15 is 0 Å². The fourth-order valence-corrected chi connectivity index (χ4v) is 2.59. The molecule has 0 fully saturated rings. The molecule has 0 unspecified atom stereocenters. The zero-order valence-electron chi connectivity index (χ0n) is 15.3. The van der Waals surface area contributed by atoms with Crippen LogP contribution in [-0.4, -0.2) is 41.2 Å². The number of nitrogens with zero attached hydrogens (tertiary/aromatic N) is 6. The molecule has 0 aromatic carbocycles. The molecule has 3 aromatic heterocycles. The van der Waals surface area contributed by atoms with Crippen LogP contribution in [0.15, 0.2) is 24.7 Å². The van der Waals surface area contributed by atoms with Gasteiger partial charge in [0.2, 0.25) is 0 Å². The van der Waals surface area contributed by atoms with Gasteiger partial charge in [-0.05, 0) is 19.9 Å². The largest absolute Gasteiger partial charge is 0.333 e. The average Bonchev–Trinajstić information content (AvgIpc) is 3.36. The lowest BCUT2D eigenvalue weighted by Gasteiger charge is -2.10. The lowest BCUT2D eigenvalue weighted by atomic mass is 10.3. The predicted molar refractivity (Wildman–Crippen MR) is 95.2 cm³/mol. The number of alkyl halides is 2. The number of rotatable bonds is 6. The summed E-state index contributed by atoms with van der Waals surface area (Å²) in [7, 11) is 1.74. The molecule has 0 spiro atoms. The van der Waals surface area contributed by atoms with Crippen LogP contribution in [-0.2, 0) is 13.6 Å². The zero-order chi connectivity index (χ0) is 20.4. The van der Waals surface area contributed by atoms with Crippen molar-refractivity contribution >= 4 is 23.2 Å². The first-order valence-electron chi connectivity index (χ1n) is 8.32. The smallest absolute Gasteiger partial charge is 0.318 e. The van der Waals surface area contributed by atoms with Crippen molar-refractivity contribution < 1.29 is 18.4 Å². The highest BCUT2D eigenvalue weighted by Crippen LogP contribution is 2.21. The van der Waals surface area contributed by atoms with E-state index in [0.29, 0.717) is 12.2 Å². The minimum atomic E-state index is -2.97. The Bertz CT molecular complexity index is 1020. The van der Waals surface area contributed by atoms with E-state index in [4.69, 9.17) is 0 Å². The minimum absolute atomic E-state index is 0.0854. The maximum Gasteiger partial charge on any atom is 0.333 e. The molecule has 3 heterocycles. The Morgan fingerprint density at radius 3 is 2.39 bits per heavy atom. The van der Waals surface area contributed by atoms with Crippen LogP contribution in [0.5, 0.6) is 0 Å². The molecule has 28 heavy (non-hydrogen) atoms. The summed E-state index contributed by atoms with van der Waals surface area (Å²) in [6, 6.07) is 1.16. The van der Waals surface area contributed by atoms with Crippen molar-refractivity contribution in [1.82, 2.24) is 29.3 Å². The van der Waals surface area contributed by atoms with Crippen molar-refractivity contribution in [3.63, 3.8) is 0 Å². The third kappa shape index (κ3) is 3.48. The summed E-state index contributed by atoms with van der Waals surface area (Å²) in [5, 5.41) is 16.7. The van der Waals surface area contributed by atoms with Gasteiger partial charge in [0.1, 0.15) is 11.4 Å². The molecule has 12 heteroatoms. The molecule has 0 bridgehead atoms. The molecular formula is C16H18F2N8O2. The first-order valence-corrected chi connectivity index (χ1v) is 8.32.